The molecule has 2 rings (SSSR count). The second-order valence-electron chi connectivity index (χ2n) is 7.36. The van der Waals surface area contributed by atoms with E-state index in [2.05, 4.69) is 20.8 Å². The molecule has 1 saturated heterocycles. The molecular formula is C17H25NO3S. The van der Waals surface area contributed by atoms with Crippen LogP contribution in [0.4, 0.5) is 0 Å². The predicted molar refractivity (Wildman–Crippen MR) is 87.7 cm³/mol. The van der Waals surface area contributed by atoms with Crippen molar-refractivity contribution in [3.63, 3.8) is 0 Å². The molecule has 0 aromatic heterocycles. The average Bonchev–Trinajstić information content (AvgIpc) is 2.83. The van der Waals surface area contributed by atoms with Crippen molar-refractivity contribution in [1.29, 1.82) is 0 Å². The number of sulfone groups is 1. The summed E-state index contributed by atoms with van der Waals surface area (Å²) in [6, 6.07) is 6.53. The van der Waals surface area contributed by atoms with Gasteiger partial charge < -0.3 is 4.90 Å². The van der Waals surface area contributed by atoms with Gasteiger partial charge in [-0.3, -0.25) is 4.79 Å². The van der Waals surface area contributed by atoms with E-state index in [0.29, 0.717) is 5.56 Å². The Morgan fingerprint density at radius 1 is 1.23 bits per heavy atom. The van der Waals surface area contributed by atoms with Gasteiger partial charge in [-0.2, -0.15) is 0 Å². The smallest absolute Gasteiger partial charge is 0.254 e. The van der Waals surface area contributed by atoms with E-state index in [9.17, 15) is 13.2 Å². The van der Waals surface area contributed by atoms with Gasteiger partial charge in [0.25, 0.3) is 5.91 Å². The summed E-state index contributed by atoms with van der Waals surface area (Å²) in [4.78, 5) is 14.9. The third kappa shape index (κ3) is 4.09. The Kier molecular flexibility index (Phi) is 4.66. The Morgan fingerprint density at radius 2 is 1.82 bits per heavy atom. The van der Waals surface area contributed by atoms with Gasteiger partial charge in [-0.05, 0) is 48.9 Å². The fourth-order valence-corrected chi connectivity index (χ4v) is 3.66. The standard InChI is InChI=1S/C17H25NO3S/c1-17(2,3)12-14-6-5-11-18(14)16(19)13-7-9-15(10-8-13)22(4,20)21/h7-10,14H,5-6,11-12H2,1-4H3/t14-/m0/s1. The van der Waals surface area contributed by atoms with Crippen LogP contribution in [0.15, 0.2) is 29.2 Å². The maximum absolute atomic E-state index is 12.7. The fourth-order valence-electron chi connectivity index (χ4n) is 3.03. The highest BCUT2D eigenvalue weighted by molar-refractivity contribution is 7.90. The molecule has 1 fully saturated rings. The molecule has 0 spiro atoms. The van der Waals surface area contributed by atoms with Crippen LogP contribution in [-0.2, 0) is 9.84 Å². The highest BCUT2D eigenvalue weighted by atomic mass is 32.2. The zero-order chi connectivity index (χ0) is 16.5. The van der Waals surface area contributed by atoms with E-state index >= 15 is 0 Å². The van der Waals surface area contributed by atoms with E-state index < -0.39 is 9.84 Å². The van der Waals surface area contributed by atoms with E-state index in [1.807, 2.05) is 4.90 Å². The van der Waals surface area contributed by atoms with Crippen molar-refractivity contribution in [1.82, 2.24) is 4.90 Å². The largest absolute Gasteiger partial charge is 0.336 e. The van der Waals surface area contributed by atoms with Crippen molar-refractivity contribution in [3.05, 3.63) is 29.8 Å². The molecular weight excluding hydrogens is 298 g/mol. The number of carbonyl (C=O) groups excluding carboxylic acids is 1. The first-order valence-electron chi connectivity index (χ1n) is 7.69. The molecule has 1 aliphatic rings. The maximum Gasteiger partial charge on any atom is 0.254 e. The summed E-state index contributed by atoms with van der Waals surface area (Å²) in [6.07, 6.45) is 4.24. The summed E-state index contributed by atoms with van der Waals surface area (Å²) >= 11 is 0. The Morgan fingerprint density at radius 3 is 2.32 bits per heavy atom. The van der Waals surface area contributed by atoms with Gasteiger partial charge in [0, 0.05) is 24.4 Å². The lowest BCUT2D eigenvalue weighted by atomic mass is 9.87. The SMILES string of the molecule is CC(C)(C)C[C@@H]1CCCN1C(=O)c1ccc(S(C)(=O)=O)cc1. The van der Waals surface area contributed by atoms with Crippen molar-refractivity contribution in [2.24, 2.45) is 5.41 Å². The molecule has 0 aliphatic carbocycles. The molecule has 122 valence electrons. The maximum atomic E-state index is 12.7. The first-order valence-corrected chi connectivity index (χ1v) is 9.58. The number of hydrogen-bond donors (Lipinski definition) is 0. The third-order valence-corrected chi connectivity index (χ3v) is 5.14. The molecule has 0 bridgehead atoms. The van der Waals surface area contributed by atoms with Gasteiger partial charge >= 0.3 is 0 Å². The lowest BCUT2D eigenvalue weighted by molar-refractivity contribution is 0.0704. The second kappa shape index (κ2) is 6.03. The monoisotopic (exact) mass is 323 g/mol. The van der Waals surface area contributed by atoms with Crippen LogP contribution in [0.5, 0.6) is 0 Å². The minimum absolute atomic E-state index is 0.00630. The number of carbonyl (C=O) groups is 1. The van der Waals surface area contributed by atoms with Crippen LogP contribution in [0.1, 0.15) is 50.4 Å². The van der Waals surface area contributed by atoms with Crippen molar-refractivity contribution < 1.29 is 13.2 Å². The van der Waals surface area contributed by atoms with E-state index in [4.69, 9.17) is 0 Å². The van der Waals surface area contributed by atoms with Gasteiger partial charge in [0.05, 0.1) is 4.90 Å². The molecule has 1 aromatic carbocycles. The molecule has 4 nitrogen and oxygen atoms in total. The average molecular weight is 323 g/mol. The fraction of sp³-hybridized carbons (Fsp3) is 0.588. The van der Waals surface area contributed by atoms with E-state index in [1.54, 1.807) is 12.1 Å². The van der Waals surface area contributed by atoms with Gasteiger partial charge in [0.2, 0.25) is 0 Å². The van der Waals surface area contributed by atoms with Crippen LogP contribution in [0.2, 0.25) is 0 Å². The zero-order valence-electron chi connectivity index (χ0n) is 13.8. The van der Waals surface area contributed by atoms with Crippen LogP contribution < -0.4 is 0 Å². The van der Waals surface area contributed by atoms with Crippen molar-refractivity contribution in [2.45, 2.75) is 51.0 Å². The highest BCUT2D eigenvalue weighted by Crippen LogP contribution is 2.30. The molecule has 1 atom stereocenters. The van der Waals surface area contributed by atoms with Crippen molar-refractivity contribution in [3.8, 4) is 0 Å². The number of likely N-dealkylation sites (tertiary alicyclic amines) is 1. The van der Waals surface area contributed by atoms with E-state index in [-0.39, 0.29) is 22.3 Å². The van der Waals surface area contributed by atoms with Crippen LogP contribution in [0, 0.1) is 5.41 Å². The molecule has 0 unspecified atom stereocenters. The van der Waals surface area contributed by atoms with E-state index in [0.717, 1.165) is 25.8 Å². The quantitative estimate of drug-likeness (QED) is 0.859. The second-order valence-corrected chi connectivity index (χ2v) is 9.37. The summed E-state index contributed by atoms with van der Waals surface area (Å²) in [5.41, 5.74) is 0.751. The molecule has 1 amide bonds. The zero-order valence-corrected chi connectivity index (χ0v) is 14.6. The highest BCUT2D eigenvalue weighted by Gasteiger charge is 2.32. The number of benzene rings is 1. The van der Waals surface area contributed by atoms with Gasteiger partial charge in [-0.25, -0.2) is 8.42 Å². The summed E-state index contributed by atoms with van der Waals surface area (Å²) in [5, 5.41) is 0. The Balaban J connectivity index is 2.17. The van der Waals surface area contributed by atoms with Crippen LogP contribution in [0.25, 0.3) is 0 Å². The Bertz CT molecular complexity index is 641. The third-order valence-electron chi connectivity index (χ3n) is 4.02. The van der Waals surface area contributed by atoms with Crippen molar-refractivity contribution in [2.75, 3.05) is 12.8 Å². The molecule has 1 aliphatic heterocycles. The number of hydrogen-bond acceptors (Lipinski definition) is 3. The first kappa shape index (κ1) is 17.0. The minimum atomic E-state index is -3.22. The molecule has 0 radical (unpaired) electrons. The topological polar surface area (TPSA) is 54.5 Å². The minimum Gasteiger partial charge on any atom is -0.336 e. The van der Waals surface area contributed by atoms with E-state index in [1.165, 1.54) is 18.4 Å². The van der Waals surface area contributed by atoms with Gasteiger partial charge in [0.15, 0.2) is 9.84 Å². The van der Waals surface area contributed by atoms with Crippen molar-refractivity contribution >= 4 is 15.7 Å². The Hall–Kier alpha value is -1.36. The number of nitrogens with zero attached hydrogens (tertiary/aromatic N) is 1. The molecule has 0 N–H and O–H groups in total. The Labute approximate surface area is 133 Å². The van der Waals surface area contributed by atoms with Crippen LogP contribution >= 0.6 is 0 Å². The lowest BCUT2D eigenvalue weighted by Gasteiger charge is -2.30. The summed E-state index contributed by atoms with van der Waals surface area (Å²) in [7, 11) is -3.22. The normalized spacial score (nSPS) is 19.5. The van der Waals surface area contributed by atoms with Gasteiger partial charge in [-0.1, -0.05) is 20.8 Å². The molecule has 1 heterocycles. The van der Waals surface area contributed by atoms with Gasteiger partial charge in [0.1, 0.15) is 0 Å². The van der Waals surface area contributed by atoms with Crippen LogP contribution in [-0.4, -0.2) is 38.1 Å². The summed E-state index contributed by atoms with van der Waals surface area (Å²) in [5.74, 6) is 0.00630. The number of rotatable bonds is 3. The molecule has 22 heavy (non-hydrogen) atoms. The number of amides is 1. The predicted octanol–water partition coefficient (Wildman–Crippen LogP) is 3.13. The summed E-state index contributed by atoms with van der Waals surface area (Å²) < 4.78 is 23.0. The van der Waals surface area contributed by atoms with Gasteiger partial charge in [-0.15, -0.1) is 0 Å². The molecule has 1 aromatic rings. The van der Waals surface area contributed by atoms with Crippen LogP contribution in [0.3, 0.4) is 0 Å². The molecule has 5 heteroatoms. The first-order chi connectivity index (χ1) is 10.1. The lowest BCUT2D eigenvalue weighted by Crippen LogP contribution is -2.37. The summed E-state index contributed by atoms with van der Waals surface area (Å²) in [6.45, 7) is 7.35. The molecule has 0 saturated carbocycles.